The second-order valence-corrected chi connectivity index (χ2v) is 7.27. The first-order chi connectivity index (χ1) is 12.8. The molecular formula is C20H27N5O. The first-order valence-electron chi connectivity index (χ1n) is 9.74. The zero-order valence-electron chi connectivity index (χ0n) is 15.4. The van der Waals surface area contributed by atoms with Crippen molar-refractivity contribution in [1.29, 1.82) is 0 Å². The van der Waals surface area contributed by atoms with Crippen LogP contribution in [0, 0.1) is 0 Å². The van der Waals surface area contributed by atoms with Gasteiger partial charge < -0.3 is 14.8 Å². The maximum absolute atomic E-state index is 13.0. The number of nitrogens with zero attached hydrogens (tertiary/aromatic N) is 4. The third-order valence-electron chi connectivity index (χ3n) is 5.73. The van der Waals surface area contributed by atoms with Gasteiger partial charge in [0.05, 0.1) is 12.5 Å². The zero-order valence-corrected chi connectivity index (χ0v) is 15.4. The molecule has 0 saturated carbocycles. The summed E-state index contributed by atoms with van der Waals surface area (Å²) in [5.74, 6) is 2.81. The van der Waals surface area contributed by atoms with E-state index < -0.39 is 0 Å². The second kappa shape index (κ2) is 7.58. The van der Waals surface area contributed by atoms with E-state index in [0.717, 1.165) is 69.2 Å². The highest BCUT2D eigenvalue weighted by molar-refractivity contribution is 5.83. The molecule has 0 radical (unpaired) electrons. The average molecular weight is 353 g/mol. The van der Waals surface area contributed by atoms with Crippen molar-refractivity contribution in [3.63, 3.8) is 0 Å². The third-order valence-corrected chi connectivity index (χ3v) is 5.73. The van der Waals surface area contributed by atoms with E-state index in [4.69, 9.17) is 0 Å². The smallest absolute Gasteiger partial charge is 0.230 e. The summed E-state index contributed by atoms with van der Waals surface area (Å²) in [5, 5.41) is 12.1. The summed E-state index contributed by atoms with van der Waals surface area (Å²) in [5.41, 5.74) is 1.13. The topological polar surface area (TPSA) is 63.1 Å². The molecular weight excluding hydrogens is 326 g/mol. The molecule has 2 aliphatic heterocycles. The van der Waals surface area contributed by atoms with Crippen LogP contribution in [0.5, 0.6) is 0 Å². The normalized spacial score (nSPS) is 19.2. The molecule has 6 nitrogen and oxygen atoms in total. The van der Waals surface area contributed by atoms with E-state index in [0.29, 0.717) is 5.92 Å². The summed E-state index contributed by atoms with van der Waals surface area (Å²) in [6.07, 6.45) is 2.79. The van der Waals surface area contributed by atoms with E-state index in [1.165, 1.54) is 0 Å². The predicted octanol–water partition coefficient (Wildman–Crippen LogP) is 2.28. The summed E-state index contributed by atoms with van der Waals surface area (Å²) >= 11 is 0. The molecule has 1 aromatic carbocycles. The third kappa shape index (κ3) is 3.26. The number of nitrogens with one attached hydrogen (secondary N) is 1. The van der Waals surface area contributed by atoms with Gasteiger partial charge in [0.1, 0.15) is 11.6 Å². The Bertz CT molecular complexity index is 749. The van der Waals surface area contributed by atoms with Crippen LogP contribution in [0.3, 0.4) is 0 Å². The molecule has 1 amide bonds. The lowest BCUT2D eigenvalue weighted by Gasteiger charge is -2.34. The first kappa shape index (κ1) is 17.2. The Morgan fingerprint density at radius 3 is 2.69 bits per heavy atom. The Morgan fingerprint density at radius 1 is 1.19 bits per heavy atom. The summed E-state index contributed by atoms with van der Waals surface area (Å²) in [7, 11) is 0. The quantitative estimate of drug-likeness (QED) is 0.916. The van der Waals surface area contributed by atoms with Crippen molar-refractivity contribution < 1.29 is 4.79 Å². The SMILES string of the molecule is CCC(C(=O)N1CCC(c2nnc3n2CCNC3)CC1)c1ccccc1. The van der Waals surface area contributed by atoms with E-state index in [1.807, 2.05) is 23.1 Å². The molecule has 138 valence electrons. The van der Waals surface area contributed by atoms with Crippen molar-refractivity contribution in [1.82, 2.24) is 25.0 Å². The van der Waals surface area contributed by atoms with Crippen molar-refractivity contribution in [3.05, 3.63) is 47.5 Å². The molecule has 1 fully saturated rings. The Hall–Kier alpha value is -2.21. The molecule has 1 unspecified atom stereocenters. The Kier molecular flexibility index (Phi) is 5.02. The molecule has 4 rings (SSSR count). The number of carbonyl (C=O) groups excluding carboxylic acids is 1. The highest BCUT2D eigenvalue weighted by atomic mass is 16.2. The fourth-order valence-corrected chi connectivity index (χ4v) is 4.23. The van der Waals surface area contributed by atoms with Crippen molar-refractivity contribution in [2.45, 2.75) is 51.1 Å². The monoisotopic (exact) mass is 353 g/mol. The number of amides is 1. The van der Waals surface area contributed by atoms with Gasteiger partial charge in [-0.1, -0.05) is 37.3 Å². The number of piperidine rings is 1. The second-order valence-electron chi connectivity index (χ2n) is 7.27. The number of fused-ring (bicyclic) bond motifs is 1. The summed E-state index contributed by atoms with van der Waals surface area (Å²) in [6, 6.07) is 10.2. The van der Waals surface area contributed by atoms with E-state index in [9.17, 15) is 4.79 Å². The van der Waals surface area contributed by atoms with Crippen LogP contribution >= 0.6 is 0 Å². The predicted molar refractivity (Wildman–Crippen MR) is 99.8 cm³/mol. The molecule has 6 heteroatoms. The number of aromatic nitrogens is 3. The zero-order chi connectivity index (χ0) is 17.9. The van der Waals surface area contributed by atoms with Gasteiger partial charge in [0.25, 0.3) is 0 Å². The van der Waals surface area contributed by atoms with Crippen LogP contribution in [0.15, 0.2) is 30.3 Å². The fourth-order valence-electron chi connectivity index (χ4n) is 4.23. The van der Waals surface area contributed by atoms with Crippen molar-refractivity contribution >= 4 is 5.91 Å². The van der Waals surface area contributed by atoms with Crippen molar-refractivity contribution in [3.8, 4) is 0 Å². The minimum Gasteiger partial charge on any atom is -0.342 e. The molecule has 1 aromatic heterocycles. The summed E-state index contributed by atoms with van der Waals surface area (Å²) in [6.45, 7) is 6.45. The molecule has 3 heterocycles. The van der Waals surface area contributed by atoms with Crippen LogP contribution < -0.4 is 5.32 Å². The van der Waals surface area contributed by atoms with Gasteiger partial charge in [0.2, 0.25) is 5.91 Å². The minimum atomic E-state index is -0.0281. The standard InChI is InChI=1S/C20H27N5O/c1-2-17(15-6-4-3-5-7-15)20(26)24-11-8-16(9-12-24)19-23-22-18-14-21-10-13-25(18)19/h3-7,16-17,21H,2,8-14H2,1H3. The maximum Gasteiger partial charge on any atom is 0.230 e. The van der Waals surface area contributed by atoms with E-state index >= 15 is 0 Å². The molecule has 1 saturated heterocycles. The molecule has 0 bridgehead atoms. The average Bonchev–Trinajstić information content (AvgIpc) is 3.13. The highest BCUT2D eigenvalue weighted by Gasteiger charge is 2.31. The van der Waals surface area contributed by atoms with Gasteiger partial charge in [-0.3, -0.25) is 4.79 Å². The number of hydrogen-bond acceptors (Lipinski definition) is 4. The minimum absolute atomic E-state index is 0.0281. The molecule has 2 aliphatic rings. The Balaban J connectivity index is 1.42. The lowest BCUT2D eigenvalue weighted by molar-refractivity contribution is -0.134. The van der Waals surface area contributed by atoms with Crippen LogP contribution in [-0.2, 0) is 17.9 Å². The van der Waals surface area contributed by atoms with E-state index in [1.54, 1.807) is 0 Å². The van der Waals surface area contributed by atoms with Crippen LogP contribution in [0.2, 0.25) is 0 Å². The molecule has 1 N–H and O–H groups in total. The van der Waals surface area contributed by atoms with Crippen LogP contribution in [0.1, 0.15) is 55.2 Å². The van der Waals surface area contributed by atoms with Gasteiger partial charge in [-0.05, 0) is 24.8 Å². The number of hydrogen-bond donors (Lipinski definition) is 1. The lowest BCUT2D eigenvalue weighted by atomic mass is 9.91. The maximum atomic E-state index is 13.0. The van der Waals surface area contributed by atoms with Gasteiger partial charge in [-0.25, -0.2) is 0 Å². The number of likely N-dealkylation sites (tertiary alicyclic amines) is 1. The molecule has 26 heavy (non-hydrogen) atoms. The van der Waals surface area contributed by atoms with Crippen molar-refractivity contribution in [2.75, 3.05) is 19.6 Å². The van der Waals surface area contributed by atoms with Crippen LogP contribution in [0.4, 0.5) is 0 Å². The number of rotatable bonds is 4. The lowest BCUT2D eigenvalue weighted by Crippen LogP contribution is -2.41. The van der Waals surface area contributed by atoms with E-state index in [-0.39, 0.29) is 11.8 Å². The highest BCUT2D eigenvalue weighted by Crippen LogP contribution is 2.30. The van der Waals surface area contributed by atoms with E-state index in [2.05, 4.69) is 39.1 Å². The Labute approximate surface area is 154 Å². The molecule has 0 spiro atoms. The van der Waals surface area contributed by atoms with Gasteiger partial charge in [0.15, 0.2) is 0 Å². The molecule has 0 aliphatic carbocycles. The summed E-state index contributed by atoms with van der Waals surface area (Å²) < 4.78 is 2.28. The fraction of sp³-hybridized carbons (Fsp3) is 0.550. The van der Waals surface area contributed by atoms with Gasteiger partial charge in [0, 0.05) is 32.1 Å². The first-order valence-corrected chi connectivity index (χ1v) is 9.74. The molecule has 1 atom stereocenters. The largest absolute Gasteiger partial charge is 0.342 e. The van der Waals surface area contributed by atoms with Crippen LogP contribution in [0.25, 0.3) is 0 Å². The number of carbonyl (C=O) groups is 1. The Morgan fingerprint density at radius 2 is 1.96 bits per heavy atom. The van der Waals surface area contributed by atoms with Gasteiger partial charge in [-0.15, -0.1) is 10.2 Å². The van der Waals surface area contributed by atoms with Crippen LogP contribution in [-0.4, -0.2) is 45.2 Å². The van der Waals surface area contributed by atoms with Crippen molar-refractivity contribution in [2.24, 2.45) is 0 Å². The van der Waals surface area contributed by atoms with Gasteiger partial charge in [-0.2, -0.15) is 0 Å². The van der Waals surface area contributed by atoms with Gasteiger partial charge >= 0.3 is 0 Å². The number of benzene rings is 1. The molecule has 2 aromatic rings. The summed E-state index contributed by atoms with van der Waals surface area (Å²) in [4.78, 5) is 15.1.